The van der Waals surface area contributed by atoms with Gasteiger partial charge in [-0.05, 0) is 61.4 Å². The zero-order valence-corrected chi connectivity index (χ0v) is 20.2. The van der Waals surface area contributed by atoms with Crippen molar-refractivity contribution in [1.29, 1.82) is 0 Å². The Kier molecular flexibility index (Phi) is 6.89. The highest BCUT2D eigenvalue weighted by Crippen LogP contribution is 2.39. The zero-order chi connectivity index (χ0) is 26.9. The van der Waals surface area contributed by atoms with Crippen LogP contribution in [0.3, 0.4) is 0 Å². The van der Waals surface area contributed by atoms with Gasteiger partial charge in [0.25, 0.3) is 5.91 Å². The molecule has 0 aliphatic carbocycles. The van der Waals surface area contributed by atoms with Crippen molar-refractivity contribution in [1.82, 2.24) is 20.6 Å². The van der Waals surface area contributed by atoms with Crippen molar-refractivity contribution in [3.8, 4) is 17.1 Å². The minimum atomic E-state index is -4.41. The summed E-state index contributed by atoms with van der Waals surface area (Å²) < 4.78 is 45.0. The number of nitrogens with two attached hydrogens (primary N) is 1. The number of nitrogens with one attached hydrogen (secondary N) is 2. The monoisotopic (exact) mass is 526 g/mol. The molecule has 1 fully saturated rings. The number of aromatic nitrogens is 2. The Morgan fingerprint density at radius 1 is 1.16 bits per heavy atom. The molecule has 1 unspecified atom stereocenters. The second-order valence-electron chi connectivity index (χ2n) is 9.03. The van der Waals surface area contributed by atoms with E-state index in [1.165, 1.54) is 18.2 Å². The molecule has 38 heavy (non-hydrogen) atoms. The topological polar surface area (TPSA) is 122 Å². The van der Waals surface area contributed by atoms with Crippen LogP contribution in [0.5, 0.6) is 5.75 Å². The fraction of sp³-hybridized carbons (Fsp3) is 0.308. The number of hydrogen-bond donors (Lipinski definition) is 3. The summed E-state index contributed by atoms with van der Waals surface area (Å²) >= 11 is 0. The first-order valence-electron chi connectivity index (χ1n) is 12.1. The van der Waals surface area contributed by atoms with E-state index in [-0.39, 0.29) is 30.0 Å². The number of amides is 2. The predicted molar refractivity (Wildman–Crippen MR) is 133 cm³/mol. The second kappa shape index (κ2) is 10.3. The first-order chi connectivity index (χ1) is 18.2. The molecule has 0 spiro atoms. The summed E-state index contributed by atoms with van der Waals surface area (Å²) in [6.07, 6.45) is -3.11. The Bertz CT molecular complexity index is 1360. The predicted octanol–water partition coefficient (Wildman–Crippen LogP) is 3.16. The Labute approximate surface area is 216 Å². The summed E-state index contributed by atoms with van der Waals surface area (Å²) in [5.41, 5.74) is 7.18. The van der Waals surface area contributed by atoms with Crippen LogP contribution in [0, 0.1) is 0 Å². The molecule has 2 aromatic carbocycles. The molecule has 5 rings (SSSR count). The number of carbonyl (C=O) groups excluding carboxylic acids is 2. The average Bonchev–Trinajstić information content (AvgIpc) is 3.19. The maximum atomic E-state index is 13.0. The van der Waals surface area contributed by atoms with Gasteiger partial charge in [-0.3, -0.25) is 9.59 Å². The van der Waals surface area contributed by atoms with Crippen molar-refractivity contribution >= 4 is 23.2 Å². The normalized spacial score (nSPS) is 17.4. The van der Waals surface area contributed by atoms with Gasteiger partial charge in [0, 0.05) is 30.9 Å². The number of anilines is 2. The highest BCUT2D eigenvalue weighted by atomic mass is 19.4. The van der Waals surface area contributed by atoms with Gasteiger partial charge >= 0.3 is 6.18 Å². The number of primary amides is 1. The molecule has 198 valence electrons. The standard InChI is InChI=1S/C26H25F3N6O3/c27-26(28,29)16-3-5-18(6-4-16)35-10-1-11-38-22-12-15(2-7-21(22)35)24-33-17(13-20(34-24)23(30)36)14-32-19-8-9-31-25(19)37/h2-7,12-13,19,32H,1,8-11,14H2,(H2,30,36)(H,31,37). The molecule has 0 bridgehead atoms. The van der Waals surface area contributed by atoms with Gasteiger partial charge in [-0.25, -0.2) is 9.97 Å². The lowest BCUT2D eigenvalue weighted by atomic mass is 10.1. The highest BCUT2D eigenvalue weighted by molar-refractivity contribution is 5.91. The van der Waals surface area contributed by atoms with E-state index in [1.807, 2.05) is 4.90 Å². The van der Waals surface area contributed by atoms with E-state index in [0.29, 0.717) is 60.9 Å². The van der Waals surface area contributed by atoms with E-state index in [2.05, 4.69) is 20.6 Å². The molecule has 1 saturated heterocycles. The van der Waals surface area contributed by atoms with Gasteiger partial charge in [0.2, 0.25) is 5.91 Å². The fourth-order valence-electron chi connectivity index (χ4n) is 4.48. The third-order valence-corrected chi connectivity index (χ3v) is 6.41. The maximum Gasteiger partial charge on any atom is 0.416 e. The van der Waals surface area contributed by atoms with E-state index < -0.39 is 17.6 Å². The van der Waals surface area contributed by atoms with Gasteiger partial charge in [-0.1, -0.05) is 0 Å². The Balaban J connectivity index is 1.45. The molecule has 1 aromatic heterocycles. The molecule has 2 aliphatic heterocycles. The van der Waals surface area contributed by atoms with E-state index >= 15 is 0 Å². The molecule has 2 aliphatic rings. The third-order valence-electron chi connectivity index (χ3n) is 6.41. The van der Waals surface area contributed by atoms with Crippen LogP contribution in [0.15, 0.2) is 48.5 Å². The van der Waals surface area contributed by atoms with Crippen LogP contribution in [0.2, 0.25) is 0 Å². The number of carbonyl (C=O) groups is 2. The van der Waals surface area contributed by atoms with Crippen molar-refractivity contribution in [2.24, 2.45) is 5.73 Å². The lowest BCUT2D eigenvalue weighted by Crippen LogP contribution is -2.36. The Morgan fingerprint density at radius 3 is 2.63 bits per heavy atom. The van der Waals surface area contributed by atoms with Crippen LogP contribution in [0.4, 0.5) is 24.5 Å². The Morgan fingerprint density at radius 2 is 1.95 bits per heavy atom. The molecule has 2 amide bonds. The number of benzene rings is 2. The number of halogens is 3. The molecular formula is C26H25F3N6O3. The summed E-state index contributed by atoms with van der Waals surface area (Å²) in [5.74, 6) is -0.0381. The fourth-order valence-corrected chi connectivity index (χ4v) is 4.48. The van der Waals surface area contributed by atoms with Crippen molar-refractivity contribution in [2.75, 3.05) is 24.6 Å². The summed E-state index contributed by atoms with van der Waals surface area (Å²) in [7, 11) is 0. The number of rotatable bonds is 6. The van der Waals surface area contributed by atoms with Gasteiger partial charge in [-0.15, -0.1) is 0 Å². The smallest absolute Gasteiger partial charge is 0.416 e. The van der Waals surface area contributed by atoms with Crippen LogP contribution in [-0.4, -0.2) is 47.5 Å². The van der Waals surface area contributed by atoms with Crippen LogP contribution in [-0.2, 0) is 17.5 Å². The summed E-state index contributed by atoms with van der Waals surface area (Å²) in [4.78, 5) is 34.6. The number of alkyl halides is 3. The van der Waals surface area contributed by atoms with Crippen molar-refractivity contribution in [3.05, 3.63) is 65.5 Å². The van der Waals surface area contributed by atoms with Gasteiger partial charge in [0.15, 0.2) is 5.82 Å². The number of nitrogens with zero attached hydrogens (tertiary/aromatic N) is 3. The van der Waals surface area contributed by atoms with E-state index in [9.17, 15) is 22.8 Å². The molecule has 0 saturated carbocycles. The van der Waals surface area contributed by atoms with Crippen LogP contribution in [0.25, 0.3) is 11.4 Å². The minimum Gasteiger partial charge on any atom is -0.491 e. The molecule has 12 heteroatoms. The molecule has 3 heterocycles. The van der Waals surface area contributed by atoms with Crippen molar-refractivity contribution < 1.29 is 27.5 Å². The van der Waals surface area contributed by atoms with Crippen molar-refractivity contribution in [3.63, 3.8) is 0 Å². The largest absolute Gasteiger partial charge is 0.491 e. The minimum absolute atomic E-state index is 0.0323. The molecule has 1 atom stereocenters. The lowest BCUT2D eigenvalue weighted by molar-refractivity contribution is -0.137. The van der Waals surface area contributed by atoms with Gasteiger partial charge in [0.05, 0.1) is 29.6 Å². The Hall–Kier alpha value is -4.19. The lowest BCUT2D eigenvalue weighted by Gasteiger charge is -2.24. The highest BCUT2D eigenvalue weighted by Gasteiger charge is 2.30. The van der Waals surface area contributed by atoms with Gasteiger partial charge in [-0.2, -0.15) is 13.2 Å². The first-order valence-corrected chi connectivity index (χ1v) is 12.1. The zero-order valence-electron chi connectivity index (χ0n) is 20.2. The molecular weight excluding hydrogens is 501 g/mol. The molecule has 4 N–H and O–H groups in total. The quantitative estimate of drug-likeness (QED) is 0.451. The maximum absolute atomic E-state index is 13.0. The molecule has 9 nitrogen and oxygen atoms in total. The van der Waals surface area contributed by atoms with Gasteiger partial charge in [0.1, 0.15) is 11.4 Å². The molecule has 0 radical (unpaired) electrons. The van der Waals surface area contributed by atoms with Crippen LogP contribution >= 0.6 is 0 Å². The summed E-state index contributed by atoms with van der Waals surface area (Å²) in [6, 6.07) is 11.4. The van der Waals surface area contributed by atoms with Crippen molar-refractivity contribution in [2.45, 2.75) is 31.6 Å². The van der Waals surface area contributed by atoms with E-state index in [4.69, 9.17) is 10.5 Å². The summed E-state index contributed by atoms with van der Waals surface area (Å²) in [5, 5.41) is 5.89. The third kappa shape index (κ3) is 5.40. The first kappa shape index (κ1) is 25.5. The van der Waals surface area contributed by atoms with E-state index in [0.717, 1.165) is 12.1 Å². The van der Waals surface area contributed by atoms with Crippen LogP contribution < -0.4 is 26.0 Å². The summed E-state index contributed by atoms with van der Waals surface area (Å²) in [6.45, 7) is 1.79. The number of ether oxygens (including phenoxy) is 1. The number of hydrogen-bond acceptors (Lipinski definition) is 7. The molecule has 3 aromatic rings. The number of fused-ring (bicyclic) bond motifs is 1. The van der Waals surface area contributed by atoms with Crippen LogP contribution in [0.1, 0.15) is 34.6 Å². The van der Waals surface area contributed by atoms with E-state index in [1.54, 1.807) is 18.2 Å². The van der Waals surface area contributed by atoms with Gasteiger partial charge < -0.3 is 26.0 Å². The SMILES string of the molecule is NC(=O)c1cc(CNC2CCNC2=O)nc(-c2ccc3c(c2)OCCCN3c2ccc(C(F)(F)F)cc2)n1. The second-order valence-corrected chi connectivity index (χ2v) is 9.03. The average molecular weight is 527 g/mol.